The third-order valence-corrected chi connectivity index (χ3v) is 7.72. The molecule has 0 amide bonds. The van der Waals surface area contributed by atoms with Gasteiger partial charge < -0.3 is 5.11 Å². The van der Waals surface area contributed by atoms with E-state index in [1.165, 1.54) is 12.5 Å². The first kappa shape index (κ1) is 24.5. The van der Waals surface area contributed by atoms with Crippen molar-refractivity contribution in [1.82, 2.24) is 4.90 Å². The zero-order chi connectivity index (χ0) is 23.9. The van der Waals surface area contributed by atoms with E-state index in [1.54, 1.807) is 18.2 Å². The highest BCUT2D eigenvalue weighted by Gasteiger charge is 2.54. The Bertz CT molecular complexity index is 1020. The average Bonchev–Trinajstić information content (AvgIpc) is 2.97. The summed E-state index contributed by atoms with van der Waals surface area (Å²) >= 11 is 12.4. The lowest BCUT2D eigenvalue weighted by Crippen LogP contribution is -2.47. The highest BCUT2D eigenvalue weighted by atomic mass is 35.5. The van der Waals surface area contributed by atoms with E-state index in [9.17, 15) is 9.90 Å². The van der Waals surface area contributed by atoms with Crippen molar-refractivity contribution in [3.05, 3.63) is 69.5 Å². The Hall–Kier alpha value is -1.62. The van der Waals surface area contributed by atoms with Crippen molar-refractivity contribution >= 4 is 29.2 Å². The van der Waals surface area contributed by atoms with Gasteiger partial charge in [-0.1, -0.05) is 68.6 Å². The fraction of sp³-hybridized carbons (Fsp3) is 0.519. The van der Waals surface area contributed by atoms with Crippen LogP contribution >= 0.6 is 23.2 Å². The minimum Gasteiger partial charge on any atom is -0.480 e. The van der Waals surface area contributed by atoms with E-state index in [1.807, 2.05) is 18.2 Å². The molecular weight excluding hydrogens is 460 g/mol. The van der Waals surface area contributed by atoms with Gasteiger partial charge in [0, 0.05) is 34.5 Å². The lowest BCUT2D eigenvalue weighted by atomic mass is 9.74. The molecule has 0 radical (unpaired) electrons. The van der Waals surface area contributed by atoms with Gasteiger partial charge in [0.25, 0.3) is 0 Å². The van der Waals surface area contributed by atoms with E-state index in [4.69, 9.17) is 23.2 Å². The highest BCUT2D eigenvalue weighted by Crippen LogP contribution is 2.52. The van der Waals surface area contributed by atoms with Crippen molar-refractivity contribution < 1.29 is 14.3 Å². The Morgan fingerprint density at radius 2 is 1.79 bits per heavy atom. The third-order valence-electron chi connectivity index (χ3n) is 7.25. The minimum absolute atomic E-state index is 0.0596. The molecule has 3 nitrogen and oxygen atoms in total. The molecule has 6 heteroatoms. The van der Waals surface area contributed by atoms with Gasteiger partial charge in [-0.15, -0.1) is 0 Å². The first-order chi connectivity index (χ1) is 15.5. The van der Waals surface area contributed by atoms with Crippen LogP contribution in [0.1, 0.15) is 69.4 Å². The van der Waals surface area contributed by atoms with Gasteiger partial charge in [-0.3, -0.25) is 9.69 Å². The zero-order valence-electron chi connectivity index (χ0n) is 19.4. The monoisotopic (exact) mass is 491 g/mol. The van der Waals surface area contributed by atoms with Crippen LogP contribution in [0.3, 0.4) is 0 Å². The second kappa shape index (κ2) is 9.56. The molecule has 33 heavy (non-hydrogen) atoms. The van der Waals surface area contributed by atoms with Crippen molar-refractivity contribution in [3.8, 4) is 0 Å². The highest BCUT2D eigenvalue weighted by molar-refractivity contribution is 6.30. The molecule has 1 saturated carbocycles. The molecular formula is C27H32Cl2FNO2. The number of halogens is 3. The molecule has 4 atom stereocenters. The molecule has 1 saturated heterocycles. The Kier molecular flexibility index (Phi) is 7.10. The number of benzene rings is 2. The van der Waals surface area contributed by atoms with Gasteiger partial charge in [0.1, 0.15) is 11.9 Å². The van der Waals surface area contributed by atoms with Crippen LogP contribution < -0.4 is 0 Å². The van der Waals surface area contributed by atoms with Crippen molar-refractivity contribution in [2.75, 3.05) is 6.54 Å². The smallest absolute Gasteiger partial charge is 0.321 e. The first-order valence-corrected chi connectivity index (χ1v) is 12.5. The molecule has 2 aromatic carbocycles. The van der Waals surface area contributed by atoms with E-state index in [2.05, 4.69) is 25.7 Å². The summed E-state index contributed by atoms with van der Waals surface area (Å²) in [7, 11) is 0. The van der Waals surface area contributed by atoms with Crippen LogP contribution in [0.5, 0.6) is 0 Å². The van der Waals surface area contributed by atoms with Crippen molar-refractivity contribution in [1.29, 1.82) is 0 Å². The number of aliphatic carboxylic acids is 1. The summed E-state index contributed by atoms with van der Waals surface area (Å²) in [6.45, 7) is 7.20. The Labute approximate surface area is 205 Å². The van der Waals surface area contributed by atoms with E-state index in [0.717, 1.165) is 31.4 Å². The van der Waals surface area contributed by atoms with Crippen LogP contribution in [-0.4, -0.2) is 34.6 Å². The van der Waals surface area contributed by atoms with Gasteiger partial charge in [0.15, 0.2) is 0 Å². The van der Waals surface area contributed by atoms with Gasteiger partial charge in [-0.25, -0.2) is 4.39 Å². The molecule has 2 aromatic rings. The van der Waals surface area contributed by atoms with Gasteiger partial charge in [0.2, 0.25) is 0 Å². The number of carbonyl (C=O) groups is 1. The topological polar surface area (TPSA) is 40.5 Å². The molecule has 0 bridgehead atoms. The normalized spacial score (nSPS) is 26.4. The van der Waals surface area contributed by atoms with Crippen LogP contribution in [0.4, 0.5) is 4.39 Å². The van der Waals surface area contributed by atoms with Crippen molar-refractivity contribution in [3.63, 3.8) is 0 Å². The predicted octanol–water partition coefficient (Wildman–Crippen LogP) is 7.37. The predicted molar refractivity (Wildman–Crippen MR) is 132 cm³/mol. The molecule has 2 aliphatic rings. The number of hydrogen-bond acceptors (Lipinski definition) is 2. The standard InChI is InChI=1S/C27H32Cl2FNO2/c1-27(2,3)14-22-24(20-11-10-19(29)13-21(20)30)23(17-8-5-9-18(28)12-17)25(26(32)33)31(22)15-16-6-4-7-16/h5,8-13,16,22-25H,4,6-7,14-15H2,1-3H3,(H,32,33). The number of carboxylic acid groups (broad SMARTS) is 1. The molecule has 0 spiro atoms. The van der Waals surface area contributed by atoms with E-state index in [0.29, 0.717) is 21.5 Å². The average molecular weight is 492 g/mol. The van der Waals surface area contributed by atoms with Crippen LogP contribution in [0.15, 0.2) is 42.5 Å². The second-order valence-electron chi connectivity index (χ2n) is 10.9. The summed E-state index contributed by atoms with van der Waals surface area (Å²) in [6.07, 6.45) is 4.18. The van der Waals surface area contributed by atoms with Crippen LogP contribution in [0.25, 0.3) is 0 Å². The van der Waals surface area contributed by atoms with Crippen molar-refractivity contribution in [2.24, 2.45) is 11.3 Å². The molecule has 2 fully saturated rings. The van der Waals surface area contributed by atoms with Gasteiger partial charge in [0.05, 0.1) is 0 Å². The van der Waals surface area contributed by atoms with E-state index < -0.39 is 17.9 Å². The third kappa shape index (κ3) is 5.23. The van der Waals surface area contributed by atoms with Crippen LogP contribution in [0.2, 0.25) is 10.0 Å². The Morgan fingerprint density at radius 1 is 1.09 bits per heavy atom. The maximum absolute atomic E-state index is 15.4. The lowest BCUT2D eigenvalue weighted by molar-refractivity contribution is -0.143. The molecule has 1 aliphatic heterocycles. The molecule has 4 rings (SSSR count). The first-order valence-electron chi connectivity index (χ1n) is 11.7. The molecule has 0 aromatic heterocycles. The maximum Gasteiger partial charge on any atom is 0.321 e. The zero-order valence-corrected chi connectivity index (χ0v) is 20.9. The summed E-state index contributed by atoms with van der Waals surface area (Å²) < 4.78 is 15.4. The Balaban J connectivity index is 1.91. The quantitative estimate of drug-likeness (QED) is 0.458. The number of likely N-dealkylation sites (tertiary alicyclic amines) is 1. The van der Waals surface area contributed by atoms with Gasteiger partial charge in [-0.05, 0) is 66.0 Å². The Morgan fingerprint density at radius 3 is 2.33 bits per heavy atom. The minimum atomic E-state index is -0.866. The summed E-state index contributed by atoms with van der Waals surface area (Å²) in [5.41, 5.74) is 1.31. The second-order valence-corrected chi connectivity index (χ2v) is 11.8. The summed E-state index contributed by atoms with van der Waals surface area (Å²) in [5.74, 6) is -1.52. The molecule has 1 N–H and O–H groups in total. The number of hydrogen-bond donors (Lipinski definition) is 1. The summed E-state index contributed by atoms with van der Waals surface area (Å²) in [5, 5.41) is 11.4. The SMILES string of the molecule is CC(C)(C)CC1C(c2ccc(Cl)cc2F)C(c2cccc(Cl)c2)C(C(=O)O)N1CC1CCC1. The van der Waals surface area contributed by atoms with E-state index >= 15 is 4.39 Å². The summed E-state index contributed by atoms with van der Waals surface area (Å²) in [6, 6.07) is 11.3. The summed E-state index contributed by atoms with van der Waals surface area (Å²) in [4.78, 5) is 15.0. The molecule has 1 aliphatic carbocycles. The van der Waals surface area contributed by atoms with Gasteiger partial charge >= 0.3 is 5.97 Å². The molecule has 1 heterocycles. The van der Waals surface area contributed by atoms with Crippen molar-refractivity contribution in [2.45, 2.75) is 70.4 Å². The number of carboxylic acids is 1. The van der Waals surface area contributed by atoms with Gasteiger partial charge in [-0.2, -0.15) is 0 Å². The van der Waals surface area contributed by atoms with E-state index in [-0.39, 0.29) is 23.2 Å². The van der Waals surface area contributed by atoms with Crippen LogP contribution in [0, 0.1) is 17.2 Å². The lowest BCUT2D eigenvalue weighted by Gasteiger charge is -2.38. The number of nitrogens with zero attached hydrogens (tertiary/aromatic N) is 1. The largest absolute Gasteiger partial charge is 0.480 e. The number of rotatable bonds is 6. The maximum atomic E-state index is 15.4. The molecule has 178 valence electrons. The van der Waals surface area contributed by atoms with Crippen LogP contribution in [-0.2, 0) is 4.79 Å². The molecule has 4 unspecified atom stereocenters. The fourth-order valence-corrected chi connectivity index (χ4v) is 6.08. The fourth-order valence-electron chi connectivity index (χ4n) is 5.72.